The quantitative estimate of drug-likeness (QED) is 0.429. The Balaban J connectivity index is 2.89. The van der Waals surface area contributed by atoms with Gasteiger partial charge in [0.1, 0.15) is 11.6 Å². The Morgan fingerprint density at radius 1 is 1.10 bits per heavy atom. The molecule has 0 aromatic carbocycles. The first-order valence-corrected chi connectivity index (χ1v) is 12.5. The van der Waals surface area contributed by atoms with E-state index in [0.29, 0.717) is 18.1 Å². The zero-order chi connectivity index (χ0) is 23.6. The molecule has 180 valence electrons. The third-order valence-electron chi connectivity index (χ3n) is 4.95. The van der Waals surface area contributed by atoms with Crippen LogP contribution in [-0.2, 0) is 19.1 Å². The van der Waals surface area contributed by atoms with Gasteiger partial charge in [-0.2, -0.15) is 11.8 Å². The number of amides is 2. The van der Waals surface area contributed by atoms with E-state index in [1.165, 1.54) is 18.2 Å². The smallest absolute Gasteiger partial charge is 0.408 e. The van der Waals surface area contributed by atoms with Gasteiger partial charge in [-0.3, -0.25) is 4.79 Å². The minimum Gasteiger partial charge on any atom is -0.461 e. The highest BCUT2D eigenvalue weighted by Gasteiger charge is 2.34. The normalized spacial score (nSPS) is 18.1. The summed E-state index contributed by atoms with van der Waals surface area (Å²) in [6.07, 6.45) is 5.18. The van der Waals surface area contributed by atoms with Crippen LogP contribution >= 0.6 is 11.8 Å². The molecule has 1 fully saturated rings. The number of rotatable bonds is 10. The molecule has 0 aliphatic heterocycles. The standard InChI is InChI=1S/C22H40N2O6S/c1-14(2)29-20(27)18(25)16(12-15-10-8-7-9-11-15)23-19(26)17(13-31-6)24-21(28)30-22(3,4)5/h14-18,25H,7-13H2,1-6H3,(H,23,26)(H,24,28)/t16-,17-,18+/m0/s1. The van der Waals surface area contributed by atoms with E-state index < -0.39 is 41.8 Å². The summed E-state index contributed by atoms with van der Waals surface area (Å²) in [6, 6.07) is -1.64. The number of aliphatic hydroxyl groups is 1. The minimum atomic E-state index is -1.47. The Labute approximate surface area is 190 Å². The van der Waals surface area contributed by atoms with Gasteiger partial charge in [-0.25, -0.2) is 9.59 Å². The van der Waals surface area contributed by atoms with Crippen molar-refractivity contribution in [2.75, 3.05) is 12.0 Å². The lowest BCUT2D eigenvalue weighted by atomic mass is 9.83. The Hall–Kier alpha value is -1.48. The van der Waals surface area contributed by atoms with Crippen LogP contribution in [0.3, 0.4) is 0 Å². The average molecular weight is 461 g/mol. The number of hydrogen-bond donors (Lipinski definition) is 3. The number of alkyl carbamates (subject to hydrolysis) is 1. The molecule has 0 heterocycles. The molecule has 1 saturated carbocycles. The van der Waals surface area contributed by atoms with Crippen molar-refractivity contribution in [3.63, 3.8) is 0 Å². The fourth-order valence-electron chi connectivity index (χ4n) is 3.60. The van der Waals surface area contributed by atoms with E-state index in [0.717, 1.165) is 25.7 Å². The van der Waals surface area contributed by atoms with Crippen molar-refractivity contribution in [2.24, 2.45) is 5.92 Å². The molecule has 0 aromatic heterocycles. The van der Waals surface area contributed by atoms with Gasteiger partial charge in [-0.1, -0.05) is 32.1 Å². The number of thioether (sulfide) groups is 1. The molecule has 3 atom stereocenters. The first-order valence-electron chi connectivity index (χ1n) is 11.1. The molecule has 1 aliphatic rings. The summed E-state index contributed by atoms with van der Waals surface area (Å²) in [6.45, 7) is 8.64. The lowest BCUT2D eigenvalue weighted by Gasteiger charge is -2.31. The summed E-state index contributed by atoms with van der Waals surface area (Å²) in [4.78, 5) is 37.5. The van der Waals surface area contributed by atoms with E-state index in [-0.39, 0.29) is 6.10 Å². The number of carbonyl (C=O) groups excluding carboxylic acids is 3. The highest BCUT2D eigenvalue weighted by atomic mass is 32.2. The molecule has 3 N–H and O–H groups in total. The SMILES string of the molecule is CSC[C@H](NC(=O)OC(C)(C)C)C(=O)N[C@@H](CC1CCCCC1)[C@@H](O)C(=O)OC(C)C. The van der Waals surface area contributed by atoms with E-state index in [2.05, 4.69) is 10.6 Å². The van der Waals surface area contributed by atoms with Gasteiger partial charge in [0.25, 0.3) is 0 Å². The number of aliphatic hydroxyl groups excluding tert-OH is 1. The highest BCUT2D eigenvalue weighted by Crippen LogP contribution is 2.28. The molecular weight excluding hydrogens is 420 g/mol. The maximum absolute atomic E-state index is 13.0. The fraction of sp³-hybridized carbons (Fsp3) is 0.864. The summed E-state index contributed by atoms with van der Waals surface area (Å²) in [5, 5.41) is 16.0. The largest absolute Gasteiger partial charge is 0.461 e. The molecule has 8 nitrogen and oxygen atoms in total. The predicted molar refractivity (Wildman–Crippen MR) is 122 cm³/mol. The molecule has 2 amide bonds. The van der Waals surface area contributed by atoms with Crippen molar-refractivity contribution in [2.45, 2.75) is 103 Å². The maximum atomic E-state index is 13.0. The van der Waals surface area contributed by atoms with E-state index in [4.69, 9.17) is 9.47 Å². The van der Waals surface area contributed by atoms with E-state index in [1.807, 2.05) is 6.26 Å². The van der Waals surface area contributed by atoms with Crippen LogP contribution in [0.25, 0.3) is 0 Å². The molecule has 1 rings (SSSR count). The Kier molecular flexibility index (Phi) is 11.7. The van der Waals surface area contributed by atoms with Crippen molar-refractivity contribution in [1.82, 2.24) is 10.6 Å². The number of carbonyl (C=O) groups is 3. The van der Waals surface area contributed by atoms with Gasteiger partial charge in [0.2, 0.25) is 5.91 Å². The second-order valence-corrected chi connectivity index (χ2v) is 10.4. The molecule has 0 aromatic rings. The van der Waals surface area contributed by atoms with Crippen LogP contribution in [0.2, 0.25) is 0 Å². The van der Waals surface area contributed by atoms with Gasteiger partial charge < -0.3 is 25.2 Å². The summed E-state index contributed by atoms with van der Waals surface area (Å²) in [7, 11) is 0. The van der Waals surface area contributed by atoms with Crippen molar-refractivity contribution < 1.29 is 29.0 Å². The van der Waals surface area contributed by atoms with Crippen molar-refractivity contribution >= 4 is 29.7 Å². The predicted octanol–water partition coefficient (Wildman–Crippen LogP) is 3.01. The second-order valence-electron chi connectivity index (χ2n) is 9.44. The summed E-state index contributed by atoms with van der Waals surface area (Å²) < 4.78 is 10.4. The van der Waals surface area contributed by atoms with Crippen LogP contribution in [0.15, 0.2) is 0 Å². The Morgan fingerprint density at radius 2 is 1.71 bits per heavy atom. The lowest BCUT2D eigenvalue weighted by molar-refractivity contribution is -0.159. The van der Waals surface area contributed by atoms with Crippen LogP contribution < -0.4 is 10.6 Å². The van der Waals surface area contributed by atoms with Gasteiger partial charge in [-0.15, -0.1) is 0 Å². The van der Waals surface area contributed by atoms with Crippen LogP contribution in [0, 0.1) is 5.92 Å². The zero-order valence-corrected chi connectivity index (χ0v) is 20.5. The topological polar surface area (TPSA) is 114 Å². The Morgan fingerprint density at radius 3 is 2.23 bits per heavy atom. The zero-order valence-electron chi connectivity index (χ0n) is 19.7. The first kappa shape index (κ1) is 27.6. The number of esters is 1. The van der Waals surface area contributed by atoms with E-state index in [1.54, 1.807) is 34.6 Å². The van der Waals surface area contributed by atoms with Crippen molar-refractivity contribution in [3.05, 3.63) is 0 Å². The third kappa shape index (κ3) is 11.1. The van der Waals surface area contributed by atoms with Gasteiger partial charge in [-0.05, 0) is 53.2 Å². The average Bonchev–Trinajstić information content (AvgIpc) is 2.65. The van der Waals surface area contributed by atoms with E-state index in [9.17, 15) is 19.5 Å². The molecule has 0 spiro atoms. The summed E-state index contributed by atoms with van der Waals surface area (Å²) in [5.41, 5.74) is -0.690. The minimum absolute atomic E-state index is 0.318. The molecule has 0 radical (unpaired) electrons. The Bertz CT molecular complexity index is 587. The van der Waals surface area contributed by atoms with Crippen molar-refractivity contribution in [3.8, 4) is 0 Å². The summed E-state index contributed by atoms with van der Waals surface area (Å²) in [5.74, 6) is -0.568. The van der Waals surface area contributed by atoms with Crippen molar-refractivity contribution in [1.29, 1.82) is 0 Å². The molecule has 0 unspecified atom stereocenters. The van der Waals surface area contributed by atoms with Crippen LogP contribution in [0.5, 0.6) is 0 Å². The monoisotopic (exact) mass is 460 g/mol. The fourth-order valence-corrected chi connectivity index (χ4v) is 4.17. The van der Waals surface area contributed by atoms with Gasteiger partial charge in [0.05, 0.1) is 12.1 Å². The molecule has 0 saturated heterocycles. The van der Waals surface area contributed by atoms with Crippen LogP contribution in [-0.4, -0.2) is 65.0 Å². The highest BCUT2D eigenvalue weighted by molar-refractivity contribution is 7.98. The van der Waals surface area contributed by atoms with Gasteiger partial charge >= 0.3 is 12.1 Å². The molecular formula is C22H40N2O6S. The lowest BCUT2D eigenvalue weighted by Crippen LogP contribution is -2.56. The van der Waals surface area contributed by atoms with Gasteiger partial charge in [0.15, 0.2) is 6.10 Å². The molecule has 1 aliphatic carbocycles. The van der Waals surface area contributed by atoms with E-state index >= 15 is 0 Å². The number of ether oxygens (including phenoxy) is 2. The molecule has 31 heavy (non-hydrogen) atoms. The number of hydrogen-bond acceptors (Lipinski definition) is 7. The van der Waals surface area contributed by atoms with Gasteiger partial charge in [0, 0.05) is 5.75 Å². The molecule has 0 bridgehead atoms. The summed E-state index contributed by atoms with van der Waals surface area (Å²) >= 11 is 1.40. The van der Waals surface area contributed by atoms with Crippen LogP contribution in [0.1, 0.15) is 73.1 Å². The third-order valence-corrected chi connectivity index (χ3v) is 5.62. The van der Waals surface area contributed by atoms with Crippen LogP contribution in [0.4, 0.5) is 4.79 Å². The maximum Gasteiger partial charge on any atom is 0.408 e. The first-order chi connectivity index (χ1) is 14.4. The molecule has 9 heteroatoms. The number of nitrogens with one attached hydrogen (secondary N) is 2. The second kappa shape index (κ2) is 13.2.